The fraction of sp³-hybridized carbons (Fsp3) is 0.611. The summed E-state index contributed by atoms with van der Waals surface area (Å²) in [5, 5.41) is 6.42. The van der Waals surface area contributed by atoms with Gasteiger partial charge in [0, 0.05) is 38.1 Å². The van der Waals surface area contributed by atoms with Crippen molar-refractivity contribution >= 4 is 5.91 Å². The maximum absolute atomic E-state index is 13.2. The summed E-state index contributed by atoms with van der Waals surface area (Å²) in [4.78, 5) is 14.4. The molecule has 1 aliphatic carbocycles. The lowest BCUT2D eigenvalue weighted by Crippen LogP contribution is -2.49. The van der Waals surface area contributed by atoms with Gasteiger partial charge in [0.1, 0.15) is 5.82 Å². The molecule has 2 N–H and O–H groups in total. The van der Waals surface area contributed by atoms with Gasteiger partial charge in [-0.05, 0) is 30.5 Å². The third-order valence-corrected chi connectivity index (χ3v) is 5.22. The molecular formula is C18H26FN3O. The zero-order valence-corrected chi connectivity index (χ0v) is 13.6. The fourth-order valence-corrected chi connectivity index (χ4v) is 3.82. The Labute approximate surface area is 137 Å². The lowest BCUT2D eigenvalue weighted by atomic mass is 9.79. The molecule has 0 spiro atoms. The third kappa shape index (κ3) is 4.09. The minimum atomic E-state index is -0.204. The Bertz CT molecular complexity index is 520. The number of rotatable bonds is 5. The molecule has 1 saturated heterocycles. The largest absolute Gasteiger partial charge is 0.354 e. The number of carbonyl (C=O) groups is 1. The zero-order valence-electron chi connectivity index (χ0n) is 13.6. The van der Waals surface area contributed by atoms with Gasteiger partial charge in [-0.2, -0.15) is 0 Å². The van der Waals surface area contributed by atoms with Crippen LogP contribution in [0.2, 0.25) is 0 Å². The van der Waals surface area contributed by atoms with Crippen molar-refractivity contribution in [3.63, 3.8) is 0 Å². The summed E-state index contributed by atoms with van der Waals surface area (Å²) in [5.74, 6) is -0.107. The summed E-state index contributed by atoms with van der Waals surface area (Å²) in [7, 11) is 0. The SMILES string of the molecule is O=C(CN1CCNCC1)NCC1(c2ccc(F)cc2)CCCC1. The summed E-state index contributed by atoms with van der Waals surface area (Å²) in [6.45, 7) is 4.89. The van der Waals surface area contributed by atoms with Gasteiger partial charge >= 0.3 is 0 Å². The van der Waals surface area contributed by atoms with Crippen LogP contribution in [0, 0.1) is 5.82 Å². The van der Waals surface area contributed by atoms with Crippen LogP contribution >= 0.6 is 0 Å². The van der Waals surface area contributed by atoms with E-state index < -0.39 is 0 Å². The molecule has 2 fully saturated rings. The van der Waals surface area contributed by atoms with Crippen LogP contribution in [-0.2, 0) is 10.2 Å². The quantitative estimate of drug-likeness (QED) is 0.867. The van der Waals surface area contributed by atoms with Gasteiger partial charge in [0.15, 0.2) is 0 Å². The highest BCUT2D eigenvalue weighted by Crippen LogP contribution is 2.40. The molecule has 1 heterocycles. The lowest BCUT2D eigenvalue weighted by Gasteiger charge is -2.31. The van der Waals surface area contributed by atoms with Gasteiger partial charge in [0.05, 0.1) is 6.54 Å². The van der Waals surface area contributed by atoms with Gasteiger partial charge in [0.25, 0.3) is 0 Å². The molecule has 1 amide bonds. The summed E-state index contributed by atoms with van der Waals surface area (Å²) in [6.07, 6.45) is 4.47. The molecule has 0 radical (unpaired) electrons. The minimum absolute atomic E-state index is 0.0210. The van der Waals surface area contributed by atoms with E-state index in [4.69, 9.17) is 0 Å². The van der Waals surface area contributed by atoms with Crippen molar-refractivity contribution in [3.8, 4) is 0 Å². The fourth-order valence-electron chi connectivity index (χ4n) is 3.82. The Morgan fingerprint density at radius 2 is 1.83 bits per heavy atom. The minimum Gasteiger partial charge on any atom is -0.354 e. The van der Waals surface area contributed by atoms with Crippen LogP contribution in [0.4, 0.5) is 4.39 Å². The van der Waals surface area contributed by atoms with Crippen molar-refractivity contribution < 1.29 is 9.18 Å². The van der Waals surface area contributed by atoms with Crippen molar-refractivity contribution in [1.29, 1.82) is 0 Å². The molecule has 23 heavy (non-hydrogen) atoms. The predicted octanol–water partition coefficient (Wildman–Crippen LogP) is 1.66. The monoisotopic (exact) mass is 319 g/mol. The van der Waals surface area contributed by atoms with Gasteiger partial charge in [-0.1, -0.05) is 25.0 Å². The van der Waals surface area contributed by atoms with E-state index in [-0.39, 0.29) is 17.1 Å². The number of nitrogens with one attached hydrogen (secondary N) is 2. The van der Waals surface area contributed by atoms with E-state index in [2.05, 4.69) is 15.5 Å². The molecule has 1 saturated carbocycles. The Morgan fingerprint density at radius 3 is 2.48 bits per heavy atom. The summed E-state index contributed by atoms with van der Waals surface area (Å²) in [5.41, 5.74) is 1.13. The van der Waals surface area contributed by atoms with Crippen molar-refractivity contribution in [3.05, 3.63) is 35.6 Å². The number of carbonyl (C=O) groups excluding carboxylic acids is 1. The van der Waals surface area contributed by atoms with Crippen LogP contribution in [0.25, 0.3) is 0 Å². The number of amides is 1. The van der Waals surface area contributed by atoms with Crippen molar-refractivity contribution in [2.75, 3.05) is 39.3 Å². The van der Waals surface area contributed by atoms with E-state index in [0.717, 1.165) is 44.6 Å². The molecule has 0 atom stereocenters. The second kappa shape index (κ2) is 7.41. The predicted molar refractivity (Wildman–Crippen MR) is 88.9 cm³/mol. The molecule has 1 aliphatic heterocycles. The van der Waals surface area contributed by atoms with Crippen LogP contribution in [0.5, 0.6) is 0 Å². The number of halogens is 1. The van der Waals surface area contributed by atoms with Crippen molar-refractivity contribution in [2.45, 2.75) is 31.1 Å². The number of hydrogen-bond donors (Lipinski definition) is 2. The Kier molecular flexibility index (Phi) is 5.28. The van der Waals surface area contributed by atoms with E-state index >= 15 is 0 Å². The second-order valence-electron chi connectivity index (χ2n) is 6.80. The maximum Gasteiger partial charge on any atom is 0.234 e. The maximum atomic E-state index is 13.2. The second-order valence-corrected chi connectivity index (χ2v) is 6.80. The number of nitrogens with zero attached hydrogens (tertiary/aromatic N) is 1. The zero-order chi connectivity index (χ0) is 16.1. The molecule has 3 rings (SSSR count). The Morgan fingerprint density at radius 1 is 1.17 bits per heavy atom. The first-order chi connectivity index (χ1) is 11.2. The molecule has 1 aromatic carbocycles. The molecule has 2 aliphatic rings. The molecule has 4 nitrogen and oxygen atoms in total. The van der Waals surface area contributed by atoms with Crippen LogP contribution < -0.4 is 10.6 Å². The normalized spacial score (nSPS) is 21.3. The van der Waals surface area contributed by atoms with Crippen molar-refractivity contribution in [2.24, 2.45) is 0 Å². The van der Waals surface area contributed by atoms with Gasteiger partial charge in [0.2, 0.25) is 5.91 Å². The van der Waals surface area contributed by atoms with Gasteiger partial charge in [-0.3, -0.25) is 9.69 Å². The summed E-state index contributed by atoms with van der Waals surface area (Å²) in [6, 6.07) is 6.81. The highest BCUT2D eigenvalue weighted by atomic mass is 19.1. The number of benzene rings is 1. The highest BCUT2D eigenvalue weighted by molar-refractivity contribution is 5.78. The standard InChI is InChI=1S/C18H26FN3O/c19-16-5-3-15(4-6-16)18(7-1-2-8-18)14-21-17(23)13-22-11-9-20-10-12-22/h3-6,20H,1-2,7-14H2,(H,21,23). The average molecular weight is 319 g/mol. The molecular weight excluding hydrogens is 293 g/mol. The highest BCUT2D eigenvalue weighted by Gasteiger charge is 2.36. The lowest BCUT2D eigenvalue weighted by molar-refractivity contribution is -0.122. The molecule has 1 aromatic rings. The van der Waals surface area contributed by atoms with E-state index in [1.807, 2.05) is 12.1 Å². The van der Waals surface area contributed by atoms with E-state index in [9.17, 15) is 9.18 Å². The topological polar surface area (TPSA) is 44.4 Å². The molecule has 0 unspecified atom stereocenters. The third-order valence-electron chi connectivity index (χ3n) is 5.22. The Balaban J connectivity index is 1.59. The summed E-state index contributed by atoms with van der Waals surface area (Å²) >= 11 is 0. The van der Waals surface area contributed by atoms with Crippen molar-refractivity contribution in [1.82, 2.24) is 15.5 Å². The van der Waals surface area contributed by atoms with E-state index in [0.29, 0.717) is 13.1 Å². The van der Waals surface area contributed by atoms with E-state index in [1.54, 1.807) is 0 Å². The molecule has 126 valence electrons. The first-order valence-corrected chi connectivity index (χ1v) is 8.64. The first kappa shape index (κ1) is 16.4. The first-order valence-electron chi connectivity index (χ1n) is 8.64. The Hall–Kier alpha value is -1.46. The van der Waals surface area contributed by atoms with Crippen LogP contribution in [-0.4, -0.2) is 50.1 Å². The smallest absolute Gasteiger partial charge is 0.234 e. The van der Waals surface area contributed by atoms with Crippen LogP contribution in [0.1, 0.15) is 31.2 Å². The van der Waals surface area contributed by atoms with Gasteiger partial charge in [-0.15, -0.1) is 0 Å². The van der Waals surface area contributed by atoms with Crippen LogP contribution in [0.3, 0.4) is 0 Å². The number of piperazine rings is 1. The van der Waals surface area contributed by atoms with Gasteiger partial charge < -0.3 is 10.6 Å². The molecule has 0 bridgehead atoms. The van der Waals surface area contributed by atoms with Crippen LogP contribution in [0.15, 0.2) is 24.3 Å². The molecule has 5 heteroatoms. The molecule has 0 aromatic heterocycles. The summed E-state index contributed by atoms with van der Waals surface area (Å²) < 4.78 is 13.2. The van der Waals surface area contributed by atoms with E-state index in [1.165, 1.54) is 25.0 Å². The van der Waals surface area contributed by atoms with Gasteiger partial charge in [-0.25, -0.2) is 4.39 Å². The average Bonchev–Trinajstić information content (AvgIpc) is 3.05. The number of hydrogen-bond acceptors (Lipinski definition) is 3.